The molecule has 0 unspecified atom stereocenters. The van der Waals surface area contributed by atoms with Gasteiger partial charge in [0.1, 0.15) is 18.2 Å². The fourth-order valence-electron chi connectivity index (χ4n) is 2.59. The Morgan fingerprint density at radius 2 is 1.83 bits per heavy atom. The van der Waals surface area contributed by atoms with Gasteiger partial charge in [-0.1, -0.05) is 30.3 Å². The highest BCUT2D eigenvalue weighted by Gasteiger charge is 2.05. The van der Waals surface area contributed by atoms with Crippen molar-refractivity contribution in [1.29, 1.82) is 5.26 Å². The first-order chi connectivity index (χ1) is 14.1. The zero-order chi connectivity index (χ0) is 20.5. The number of ether oxygens (including phenoxy) is 1. The summed E-state index contributed by atoms with van der Waals surface area (Å²) in [7, 11) is 0. The molecule has 3 rings (SSSR count). The summed E-state index contributed by atoms with van der Waals surface area (Å²) in [5, 5.41) is 11.7. The van der Waals surface area contributed by atoms with Gasteiger partial charge in [-0.3, -0.25) is 4.79 Å². The van der Waals surface area contributed by atoms with E-state index in [1.807, 2.05) is 12.1 Å². The number of hydrogen-bond donors (Lipinski definition) is 1. The van der Waals surface area contributed by atoms with E-state index in [2.05, 4.69) is 11.4 Å². The predicted octanol–water partition coefficient (Wildman–Crippen LogP) is 5.15. The van der Waals surface area contributed by atoms with Gasteiger partial charge in [0.2, 0.25) is 5.91 Å². The molecule has 0 radical (unpaired) electrons. The SMILES string of the molecule is N#Cc1ccc(CSCC(=O)Nc2cccc(OCc3cccc(F)c3)c2)cc1. The van der Waals surface area contributed by atoms with Crippen molar-refractivity contribution in [2.75, 3.05) is 11.1 Å². The molecule has 29 heavy (non-hydrogen) atoms. The third kappa shape index (κ3) is 6.66. The van der Waals surface area contributed by atoms with Crippen LogP contribution in [0.25, 0.3) is 0 Å². The van der Waals surface area contributed by atoms with Gasteiger partial charge in [-0.2, -0.15) is 5.26 Å². The van der Waals surface area contributed by atoms with Gasteiger partial charge >= 0.3 is 0 Å². The minimum atomic E-state index is -0.300. The maximum Gasteiger partial charge on any atom is 0.234 e. The summed E-state index contributed by atoms with van der Waals surface area (Å²) >= 11 is 1.50. The molecule has 146 valence electrons. The Morgan fingerprint density at radius 3 is 2.59 bits per heavy atom. The molecular weight excluding hydrogens is 387 g/mol. The van der Waals surface area contributed by atoms with Crippen molar-refractivity contribution in [3.8, 4) is 11.8 Å². The number of benzene rings is 3. The second-order valence-electron chi connectivity index (χ2n) is 6.30. The number of rotatable bonds is 8. The number of carbonyl (C=O) groups is 1. The zero-order valence-corrected chi connectivity index (χ0v) is 16.4. The Labute approximate surface area is 173 Å². The number of thioether (sulfide) groups is 1. The fraction of sp³-hybridized carbons (Fsp3) is 0.130. The van der Waals surface area contributed by atoms with Gasteiger partial charge in [0.15, 0.2) is 0 Å². The van der Waals surface area contributed by atoms with Gasteiger partial charge in [0.05, 0.1) is 17.4 Å². The molecule has 0 fully saturated rings. The highest BCUT2D eigenvalue weighted by molar-refractivity contribution is 7.99. The summed E-state index contributed by atoms with van der Waals surface area (Å²) in [5.41, 5.74) is 3.06. The van der Waals surface area contributed by atoms with Crippen LogP contribution in [0.4, 0.5) is 10.1 Å². The van der Waals surface area contributed by atoms with Crippen molar-refractivity contribution < 1.29 is 13.9 Å². The van der Waals surface area contributed by atoms with Crippen molar-refractivity contribution in [3.05, 3.63) is 95.3 Å². The molecule has 3 aromatic carbocycles. The number of amides is 1. The van der Waals surface area contributed by atoms with E-state index in [9.17, 15) is 9.18 Å². The summed E-state index contributed by atoms with van der Waals surface area (Å²) in [4.78, 5) is 12.2. The molecule has 1 N–H and O–H groups in total. The summed E-state index contributed by atoms with van der Waals surface area (Å²) in [6.07, 6.45) is 0. The summed E-state index contributed by atoms with van der Waals surface area (Å²) in [6, 6.07) is 22.8. The summed E-state index contributed by atoms with van der Waals surface area (Å²) in [5.74, 6) is 1.19. The van der Waals surface area contributed by atoms with Crippen LogP contribution >= 0.6 is 11.8 Å². The normalized spacial score (nSPS) is 10.2. The third-order valence-corrected chi connectivity index (χ3v) is 5.00. The lowest BCUT2D eigenvalue weighted by Crippen LogP contribution is -2.14. The molecule has 0 atom stereocenters. The Balaban J connectivity index is 1.46. The standard InChI is InChI=1S/C23H19FN2O2S/c24-20-4-1-3-19(11-20)14-28-22-6-2-5-21(12-22)26-23(27)16-29-15-18-9-7-17(13-25)8-10-18/h1-12H,14-16H2,(H,26,27). The van der Waals surface area contributed by atoms with Crippen LogP contribution in [0.3, 0.4) is 0 Å². The highest BCUT2D eigenvalue weighted by atomic mass is 32.2. The molecular formula is C23H19FN2O2S. The summed E-state index contributed by atoms with van der Waals surface area (Å²) < 4.78 is 18.9. The van der Waals surface area contributed by atoms with Crippen LogP contribution in [0.2, 0.25) is 0 Å². The van der Waals surface area contributed by atoms with E-state index < -0.39 is 0 Å². The number of nitrogens with zero attached hydrogens (tertiary/aromatic N) is 1. The van der Waals surface area contributed by atoms with Gasteiger partial charge in [0.25, 0.3) is 0 Å². The maximum atomic E-state index is 13.2. The number of nitrogens with one attached hydrogen (secondary N) is 1. The first-order valence-corrected chi connectivity index (χ1v) is 10.1. The molecule has 4 nitrogen and oxygen atoms in total. The predicted molar refractivity (Wildman–Crippen MR) is 113 cm³/mol. The maximum absolute atomic E-state index is 13.2. The van der Waals surface area contributed by atoms with Crippen LogP contribution in [0, 0.1) is 17.1 Å². The largest absolute Gasteiger partial charge is 0.489 e. The number of anilines is 1. The van der Waals surface area contributed by atoms with Gasteiger partial charge in [-0.25, -0.2) is 4.39 Å². The van der Waals surface area contributed by atoms with Crippen LogP contribution < -0.4 is 10.1 Å². The van der Waals surface area contributed by atoms with Crippen molar-refractivity contribution in [3.63, 3.8) is 0 Å². The van der Waals surface area contributed by atoms with E-state index in [-0.39, 0.29) is 18.3 Å². The van der Waals surface area contributed by atoms with E-state index in [0.717, 1.165) is 11.1 Å². The second-order valence-corrected chi connectivity index (χ2v) is 7.28. The fourth-order valence-corrected chi connectivity index (χ4v) is 3.38. The zero-order valence-electron chi connectivity index (χ0n) is 15.6. The van der Waals surface area contributed by atoms with Crippen LogP contribution in [-0.2, 0) is 17.2 Å². The number of hydrogen-bond acceptors (Lipinski definition) is 4. The Bertz CT molecular complexity index is 1020. The average Bonchev–Trinajstić information content (AvgIpc) is 2.73. The van der Waals surface area contributed by atoms with E-state index in [4.69, 9.17) is 10.00 Å². The van der Waals surface area contributed by atoms with Crippen molar-refractivity contribution in [1.82, 2.24) is 0 Å². The molecule has 6 heteroatoms. The Morgan fingerprint density at radius 1 is 1.03 bits per heavy atom. The topological polar surface area (TPSA) is 62.1 Å². The smallest absolute Gasteiger partial charge is 0.234 e. The molecule has 0 spiro atoms. The lowest BCUT2D eigenvalue weighted by atomic mass is 10.2. The van der Waals surface area contributed by atoms with Crippen molar-refractivity contribution >= 4 is 23.4 Å². The minimum Gasteiger partial charge on any atom is -0.489 e. The average molecular weight is 406 g/mol. The van der Waals surface area contributed by atoms with Gasteiger partial charge < -0.3 is 10.1 Å². The molecule has 0 saturated carbocycles. The third-order valence-electron chi connectivity index (χ3n) is 4.00. The number of nitriles is 1. The highest BCUT2D eigenvalue weighted by Crippen LogP contribution is 2.20. The first-order valence-electron chi connectivity index (χ1n) is 8.96. The van der Waals surface area contributed by atoms with Gasteiger partial charge in [0, 0.05) is 17.5 Å². The molecule has 0 aliphatic rings. The Hall–Kier alpha value is -3.30. The van der Waals surface area contributed by atoms with E-state index in [0.29, 0.717) is 28.5 Å². The van der Waals surface area contributed by atoms with Gasteiger partial charge in [-0.15, -0.1) is 11.8 Å². The lowest BCUT2D eigenvalue weighted by molar-refractivity contribution is -0.113. The van der Waals surface area contributed by atoms with Crippen LogP contribution in [0.5, 0.6) is 5.75 Å². The van der Waals surface area contributed by atoms with Crippen LogP contribution in [-0.4, -0.2) is 11.7 Å². The van der Waals surface area contributed by atoms with Gasteiger partial charge in [-0.05, 0) is 47.5 Å². The molecule has 0 aromatic heterocycles. The molecule has 0 saturated heterocycles. The summed E-state index contributed by atoms with van der Waals surface area (Å²) in [6.45, 7) is 0.246. The lowest BCUT2D eigenvalue weighted by Gasteiger charge is -2.09. The monoisotopic (exact) mass is 406 g/mol. The van der Waals surface area contributed by atoms with E-state index in [1.54, 1.807) is 48.5 Å². The molecule has 0 aliphatic heterocycles. The molecule has 1 amide bonds. The quantitative estimate of drug-likeness (QED) is 0.562. The number of halogens is 1. The van der Waals surface area contributed by atoms with Crippen molar-refractivity contribution in [2.45, 2.75) is 12.4 Å². The Kier molecular flexibility index (Phi) is 7.26. The molecule has 3 aromatic rings. The van der Waals surface area contributed by atoms with E-state index >= 15 is 0 Å². The molecule has 0 heterocycles. The minimum absolute atomic E-state index is 0.106. The van der Waals surface area contributed by atoms with Crippen LogP contribution in [0.15, 0.2) is 72.8 Å². The van der Waals surface area contributed by atoms with Crippen molar-refractivity contribution in [2.24, 2.45) is 0 Å². The number of carbonyl (C=O) groups excluding carboxylic acids is 1. The molecule has 0 aliphatic carbocycles. The second kappa shape index (κ2) is 10.3. The van der Waals surface area contributed by atoms with E-state index in [1.165, 1.54) is 23.9 Å². The molecule has 0 bridgehead atoms. The van der Waals surface area contributed by atoms with Crippen LogP contribution in [0.1, 0.15) is 16.7 Å². The first kappa shape index (κ1) is 20.4.